The van der Waals surface area contributed by atoms with Crippen molar-refractivity contribution in [3.8, 4) is 6.07 Å². The number of nitrogens with zero attached hydrogens (tertiary/aromatic N) is 3. The fourth-order valence-corrected chi connectivity index (χ4v) is 3.02. The summed E-state index contributed by atoms with van der Waals surface area (Å²) in [7, 11) is 1.90. The maximum atomic E-state index is 12.1. The number of nitrogens with one attached hydrogen (secondary N) is 1. The summed E-state index contributed by atoms with van der Waals surface area (Å²) in [6, 6.07) is 11.1. The van der Waals surface area contributed by atoms with Gasteiger partial charge in [-0.3, -0.25) is 9.48 Å². The van der Waals surface area contributed by atoms with E-state index in [4.69, 9.17) is 10.00 Å². The first-order valence-electron chi connectivity index (χ1n) is 8.02. The lowest BCUT2D eigenvalue weighted by Gasteiger charge is -2.19. The highest BCUT2D eigenvalue weighted by Crippen LogP contribution is 2.33. The van der Waals surface area contributed by atoms with Gasteiger partial charge in [0.1, 0.15) is 6.10 Å². The average Bonchev–Trinajstić information content (AvgIpc) is 3.21. The van der Waals surface area contributed by atoms with Crippen molar-refractivity contribution < 1.29 is 9.53 Å². The van der Waals surface area contributed by atoms with Crippen LogP contribution in [0, 0.1) is 17.2 Å². The van der Waals surface area contributed by atoms with Crippen molar-refractivity contribution in [3.63, 3.8) is 0 Å². The summed E-state index contributed by atoms with van der Waals surface area (Å²) in [6.45, 7) is 1.29. The van der Waals surface area contributed by atoms with Crippen molar-refractivity contribution in [3.05, 3.63) is 53.3 Å². The Bertz CT molecular complexity index is 745. The lowest BCUT2D eigenvalue weighted by Crippen LogP contribution is -2.32. The zero-order valence-electron chi connectivity index (χ0n) is 13.6. The van der Waals surface area contributed by atoms with Crippen molar-refractivity contribution >= 4 is 5.91 Å². The Morgan fingerprint density at radius 1 is 1.42 bits per heavy atom. The number of benzene rings is 1. The number of aromatic nitrogens is 2. The minimum absolute atomic E-state index is 0.0182. The van der Waals surface area contributed by atoms with Gasteiger partial charge in [-0.2, -0.15) is 10.4 Å². The summed E-state index contributed by atoms with van der Waals surface area (Å²) in [4.78, 5) is 12.1. The lowest BCUT2D eigenvalue weighted by atomic mass is 9.98. The second-order valence-electron chi connectivity index (χ2n) is 6.01. The third-order valence-corrected chi connectivity index (χ3v) is 4.37. The topological polar surface area (TPSA) is 79.9 Å². The third kappa shape index (κ3) is 3.63. The Kier molecular flexibility index (Phi) is 4.92. The summed E-state index contributed by atoms with van der Waals surface area (Å²) < 4.78 is 7.65. The molecule has 0 radical (unpaired) electrons. The van der Waals surface area contributed by atoms with Gasteiger partial charge < -0.3 is 10.1 Å². The molecule has 0 saturated carbocycles. The minimum atomic E-state index is -0.0206. The zero-order chi connectivity index (χ0) is 16.9. The van der Waals surface area contributed by atoms with Crippen LogP contribution in [0.1, 0.15) is 29.3 Å². The number of hydrogen-bond donors (Lipinski definition) is 1. The summed E-state index contributed by atoms with van der Waals surface area (Å²) >= 11 is 0. The van der Waals surface area contributed by atoms with Crippen LogP contribution in [0.2, 0.25) is 0 Å². The van der Waals surface area contributed by atoms with Gasteiger partial charge in [0.05, 0.1) is 23.7 Å². The van der Waals surface area contributed by atoms with Crippen LogP contribution in [0.25, 0.3) is 0 Å². The van der Waals surface area contributed by atoms with E-state index >= 15 is 0 Å². The van der Waals surface area contributed by atoms with Gasteiger partial charge in [0.25, 0.3) is 0 Å². The molecule has 2 atom stereocenters. The highest BCUT2D eigenvalue weighted by Gasteiger charge is 2.31. The maximum Gasteiger partial charge on any atom is 0.224 e. The number of carbonyl (C=O) groups excluding carboxylic acids is 1. The molecule has 1 aromatic carbocycles. The Hall–Kier alpha value is -2.65. The number of aryl methyl sites for hydroxylation is 1. The number of rotatable bonds is 5. The molecule has 124 valence electrons. The molecule has 1 fully saturated rings. The van der Waals surface area contributed by atoms with E-state index in [9.17, 15) is 4.79 Å². The molecule has 2 aromatic rings. The predicted octanol–water partition coefficient (Wildman–Crippen LogP) is 1.73. The van der Waals surface area contributed by atoms with Crippen LogP contribution in [0.15, 0.2) is 36.5 Å². The Morgan fingerprint density at radius 3 is 2.88 bits per heavy atom. The van der Waals surface area contributed by atoms with E-state index in [-0.39, 0.29) is 17.9 Å². The molecule has 1 aliphatic rings. The largest absolute Gasteiger partial charge is 0.372 e. The second-order valence-corrected chi connectivity index (χ2v) is 6.01. The number of carbonyl (C=O) groups is 1. The van der Waals surface area contributed by atoms with Gasteiger partial charge in [-0.05, 0) is 30.2 Å². The van der Waals surface area contributed by atoms with Crippen molar-refractivity contribution in [1.29, 1.82) is 5.26 Å². The molecule has 3 rings (SSSR count). The van der Waals surface area contributed by atoms with E-state index in [2.05, 4.69) is 16.5 Å². The minimum Gasteiger partial charge on any atom is -0.372 e. The molecule has 1 amide bonds. The van der Waals surface area contributed by atoms with Gasteiger partial charge in [-0.15, -0.1) is 0 Å². The van der Waals surface area contributed by atoms with Crippen LogP contribution in [-0.4, -0.2) is 28.8 Å². The van der Waals surface area contributed by atoms with Crippen LogP contribution < -0.4 is 5.32 Å². The van der Waals surface area contributed by atoms with Crippen molar-refractivity contribution in [2.75, 3.05) is 13.2 Å². The molecule has 0 spiro atoms. The summed E-state index contributed by atoms with van der Waals surface area (Å²) in [5.41, 5.74) is 2.54. The molecule has 0 unspecified atom stereocenters. The molecule has 1 aliphatic heterocycles. The Balaban J connectivity index is 1.53. The maximum absolute atomic E-state index is 12.1. The van der Waals surface area contributed by atoms with Gasteiger partial charge in [-0.1, -0.05) is 12.1 Å². The van der Waals surface area contributed by atoms with Gasteiger partial charge >= 0.3 is 0 Å². The number of ether oxygens (including phenoxy) is 1. The van der Waals surface area contributed by atoms with E-state index in [1.54, 1.807) is 18.3 Å². The zero-order valence-corrected chi connectivity index (χ0v) is 13.6. The second kappa shape index (κ2) is 7.28. The highest BCUT2D eigenvalue weighted by atomic mass is 16.5. The van der Waals surface area contributed by atoms with Gasteiger partial charge in [-0.25, -0.2) is 0 Å². The van der Waals surface area contributed by atoms with E-state index in [1.807, 2.05) is 29.9 Å². The highest BCUT2D eigenvalue weighted by molar-refractivity contribution is 5.78. The molecular weight excluding hydrogens is 304 g/mol. The molecule has 1 saturated heterocycles. The standard InChI is InChI=1S/C18H20N4O2/c1-22-16(6-8-21-22)18-15(7-9-24-18)12-20-17(23)10-13-2-4-14(11-19)5-3-13/h2-6,8,15,18H,7,9-10,12H2,1H3,(H,20,23)/t15-,18+/m0/s1. The number of hydrogen-bond acceptors (Lipinski definition) is 4. The molecular formula is C18H20N4O2. The Morgan fingerprint density at radius 2 is 2.21 bits per heavy atom. The SMILES string of the molecule is Cn1nccc1[C@@H]1OCC[C@H]1CNC(=O)Cc1ccc(C#N)cc1. The Labute approximate surface area is 141 Å². The molecule has 2 heterocycles. The van der Waals surface area contributed by atoms with E-state index in [1.165, 1.54) is 0 Å². The molecule has 0 aliphatic carbocycles. The molecule has 24 heavy (non-hydrogen) atoms. The quantitative estimate of drug-likeness (QED) is 0.908. The van der Waals surface area contributed by atoms with Crippen LogP contribution in [0.5, 0.6) is 0 Å². The molecule has 1 aromatic heterocycles. The monoisotopic (exact) mass is 324 g/mol. The number of amides is 1. The fraction of sp³-hybridized carbons (Fsp3) is 0.389. The summed E-state index contributed by atoms with van der Waals surface area (Å²) in [5, 5.41) is 16.0. The molecule has 1 N–H and O–H groups in total. The van der Waals surface area contributed by atoms with Crippen LogP contribution in [-0.2, 0) is 23.0 Å². The van der Waals surface area contributed by atoms with Crippen LogP contribution in [0.4, 0.5) is 0 Å². The normalized spacial score (nSPS) is 19.8. The fourth-order valence-electron chi connectivity index (χ4n) is 3.02. The van der Waals surface area contributed by atoms with Crippen LogP contribution >= 0.6 is 0 Å². The average molecular weight is 324 g/mol. The third-order valence-electron chi connectivity index (χ3n) is 4.37. The van der Waals surface area contributed by atoms with Crippen LogP contribution in [0.3, 0.4) is 0 Å². The smallest absolute Gasteiger partial charge is 0.224 e. The number of nitriles is 1. The molecule has 6 nitrogen and oxygen atoms in total. The van der Waals surface area contributed by atoms with Crippen molar-refractivity contribution in [2.24, 2.45) is 13.0 Å². The van der Waals surface area contributed by atoms with E-state index in [0.717, 1.165) is 17.7 Å². The first kappa shape index (κ1) is 16.2. The summed E-state index contributed by atoms with van der Waals surface area (Å²) in [6.07, 6.45) is 2.98. The summed E-state index contributed by atoms with van der Waals surface area (Å²) in [5.74, 6) is 0.237. The first-order chi connectivity index (χ1) is 11.7. The lowest BCUT2D eigenvalue weighted by molar-refractivity contribution is -0.120. The predicted molar refractivity (Wildman–Crippen MR) is 87.9 cm³/mol. The molecule has 0 bridgehead atoms. The first-order valence-corrected chi connectivity index (χ1v) is 8.02. The van der Waals surface area contributed by atoms with Crippen molar-refractivity contribution in [2.45, 2.75) is 18.9 Å². The molecule has 6 heteroatoms. The van der Waals surface area contributed by atoms with E-state index < -0.39 is 0 Å². The van der Waals surface area contributed by atoms with E-state index in [0.29, 0.717) is 25.1 Å². The van der Waals surface area contributed by atoms with Gasteiger partial charge in [0.15, 0.2) is 0 Å². The van der Waals surface area contributed by atoms with Crippen molar-refractivity contribution in [1.82, 2.24) is 15.1 Å². The van der Waals surface area contributed by atoms with Gasteiger partial charge in [0, 0.05) is 32.3 Å². The van der Waals surface area contributed by atoms with Gasteiger partial charge in [0.2, 0.25) is 5.91 Å².